The molecule has 0 fully saturated rings. The molecule has 1 heterocycles. The minimum atomic E-state index is -0.984. The van der Waals surface area contributed by atoms with Crippen molar-refractivity contribution in [2.24, 2.45) is 0 Å². The number of benzene rings is 2. The van der Waals surface area contributed by atoms with Crippen LogP contribution in [-0.4, -0.2) is 38.4 Å². The van der Waals surface area contributed by atoms with Gasteiger partial charge in [0, 0.05) is 12.1 Å². The van der Waals surface area contributed by atoms with Gasteiger partial charge in [-0.05, 0) is 26.0 Å². The van der Waals surface area contributed by atoms with Crippen molar-refractivity contribution in [3.05, 3.63) is 46.6 Å². The van der Waals surface area contributed by atoms with E-state index in [1.54, 1.807) is 24.3 Å². The van der Waals surface area contributed by atoms with Crippen LogP contribution in [0.4, 0.5) is 0 Å². The van der Waals surface area contributed by atoms with Gasteiger partial charge in [0.15, 0.2) is 12.2 Å². The molecular weight excluding hydrogens is 380 g/mol. The number of carbonyl (C=O) groups excluding carboxylic acids is 2. The highest BCUT2D eigenvalue weighted by molar-refractivity contribution is 5.94. The highest BCUT2D eigenvalue weighted by Gasteiger charge is 2.22. The topological polar surface area (TPSA) is 101 Å². The molecule has 0 amide bonds. The molecule has 2 atom stereocenters. The molecule has 0 aliphatic carbocycles. The summed E-state index contributed by atoms with van der Waals surface area (Å²) in [4.78, 5) is 36.5. The maximum Gasteiger partial charge on any atom is 0.346 e. The third-order valence-electron chi connectivity index (χ3n) is 4.30. The molecule has 8 heteroatoms. The van der Waals surface area contributed by atoms with E-state index in [-0.39, 0.29) is 27.9 Å². The third kappa shape index (κ3) is 4.01. The van der Waals surface area contributed by atoms with Crippen LogP contribution in [0.25, 0.3) is 21.9 Å². The maximum absolute atomic E-state index is 13.0. The summed E-state index contributed by atoms with van der Waals surface area (Å²) in [5, 5.41) is 0.518. The van der Waals surface area contributed by atoms with Crippen molar-refractivity contribution < 1.29 is 33.0 Å². The molecule has 0 bridgehead atoms. The number of carbonyl (C=O) groups is 2. The number of ether oxygens (including phenoxy) is 4. The van der Waals surface area contributed by atoms with Gasteiger partial charge in [-0.3, -0.25) is 4.79 Å². The Hall–Kier alpha value is -3.55. The van der Waals surface area contributed by atoms with Crippen LogP contribution in [0.15, 0.2) is 45.6 Å². The lowest BCUT2D eigenvalue weighted by Gasteiger charge is -2.17. The van der Waals surface area contributed by atoms with Crippen LogP contribution in [0.2, 0.25) is 0 Å². The number of hydrogen-bond acceptors (Lipinski definition) is 8. The summed E-state index contributed by atoms with van der Waals surface area (Å²) in [6.07, 6.45) is -1.89. The van der Waals surface area contributed by atoms with E-state index in [0.29, 0.717) is 11.0 Å². The zero-order valence-electron chi connectivity index (χ0n) is 16.4. The average molecular weight is 400 g/mol. The zero-order chi connectivity index (χ0) is 21.1. The zero-order valence-corrected chi connectivity index (χ0v) is 16.4. The van der Waals surface area contributed by atoms with E-state index in [1.165, 1.54) is 40.2 Å². The Morgan fingerprint density at radius 3 is 2.17 bits per heavy atom. The normalized spacial score (nSPS) is 13.0. The van der Waals surface area contributed by atoms with Gasteiger partial charge in [-0.1, -0.05) is 12.1 Å². The minimum absolute atomic E-state index is 0.0759. The largest absolute Gasteiger partial charge is 0.479 e. The summed E-state index contributed by atoms with van der Waals surface area (Å²) in [7, 11) is 2.49. The van der Waals surface area contributed by atoms with Crippen LogP contribution in [0.3, 0.4) is 0 Å². The van der Waals surface area contributed by atoms with E-state index in [0.717, 1.165) is 0 Å². The SMILES string of the molecule is COC(=O)[C@H](C)Oc1cc(O[C@H](C)C(=O)OC)c2c(=O)c3ccccc3oc2c1. The van der Waals surface area contributed by atoms with Gasteiger partial charge in [0.1, 0.15) is 28.1 Å². The van der Waals surface area contributed by atoms with Crippen molar-refractivity contribution in [2.45, 2.75) is 26.1 Å². The van der Waals surface area contributed by atoms with Gasteiger partial charge in [-0.2, -0.15) is 0 Å². The fourth-order valence-electron chi connectivity index (χ4n) is 2.85. The number of fused-ring (bicyclic) bond motifs is 2. The van der Waals surface area contributed by atoms with Crippen molar-refractivity contribution in [3.8, 4) is 11.5 Å². The number of hydrogen-bond donors (Lipinski definition) is 0. The van der Waals surface area contributed by atoms with Crippen LogP contribution in [0.5, 0.6) is 11.5 Å². The number of para-hydroxylation sites is 1. The first-order valence-electron chi connectivity index (χ1n) is 8.84. The Bertz CT molecular complexity index is 1130. The van der Waals surface area contributed by atoms with Crippen molar-refractivity contribution in [1.29, 1.82) is 0 Å². The van der Waals surface area contributed by atoms with Gasteiger partial charge < -0.3 is 23.4 Å². The van der Waals surface area contributed by atoms with Crippen LogP contribution in [0.1, 0.15) is 13.8 Å². The lowest BCUT2D eigenvalue weighted by atomic mass is 10.1. The summed E-state index contributed by atoms with van der Waals surface area (Å²) in [6.45, 7) is 3.01. The highest BCUT2D eigenvalue weighted by Crippen LogP contribution is 2.32. The Morgan fingerprint density at radius 2 is 1.52 bits per heavy atom. The van der Waals surface area contributed by atoms with E-state index in [1.807, 2.05) is 0 Å². The van der Waals surface area contributed by atoms with E-state index in [4.69, 9.17) is 13.9 Å². The van der Waals surface area contributed by atoms with E-state index >= 15 is 0 Å². The first-order valence-corrected chi connectivity index (χ1v) is 8.84. The van der Waals surface area contributed by atoms with Crippen LogP contribution >= 0.6 is 0 Å². The molecule has 0 spiro atoms. The minimum Gasteiger partial charge on any atom is -0.479 e. The van der Waals surface area contributed by atoms with Crippen LogP contribution in [-0.2, 0) is 19.1 Å². The molecule has 0 unspecified atom stereocenters. The smallest absolute Gasteiger partial charge is 0.346 e. The fraction of sp³-hybridized carbons (Fsp3) is 0.286. The standard InChI is InChI=1S/C21H20O8/c1-11(20(23)25-3)27-13-9-16(28-12(2)21(24)26-4)18-17(10-13)29-15-8-6-5-7-14(15)19(18)22/h5-12H,1-4H3/t11-,12+/m0/s1. The number of methoxy groups -OCH3 is 2. The molecule has 0 N–H and O–H groups in total. The molecule has 0 aliphatic heterocycles. The fourth-order valence-corrected chi connectivity index (χ4v) is 2.85. The molecule has 29 heavy (non-hydrogen) atoms. The predicted octanol–water partition coefficient (Wildman–Crippen LogP) is 2.83. The molecule has 3 rings (SSSR count). The quantitative estimate of drug-likeness (QED) is 0.460. The second kappa shape index (κ2) is 8.22. The molecule has 0 radical (unpaired) electrons. The van der Waals surface area contributed by atoms with Gasteiger partial charge in [-0.25, -0.2) is 9.59 Å². The van der Waals surface area contributed by atoms with Crippen LogP contribution in [0, 0.1) is 0 Å². The molecule has 3 aromatic rings. The summed E-state index contributed by atoms with van der Waals surface area (Å²) in [5.74, 6) is -0.902. The maximum atomic E-state index is 13.0. The van der Waals surface area contributed by atoms with Crippen molar-refractivity contribution >= 4 is 33.9 Å². The van der Waals surface area contributed by atoms with Gasteiger partial charge in [0.2, 0.25) is 5.43 Å². The first kappa shape index (κ1) is 20.2. The summed E-state index contributed by atoms with van der Waals surface area (Å²) >= 11 is 0. The first-order chi connectivity index (χ1) is 13.8. The molecule has 2 aromatic carbocycles. The van der Waals surface area contributed by atoms with Gasteiger partial charge in [-0.15, -0.1) is 0 Å². The molecule has 152 valence electrons. The Kier molecular flexibility index (Phi) is 5.72. The average Bonchev–Trinajstić information content (AvgIpc) is 2.72. The van der Waals surface area contributed by atoms with Gasteiger partial charge in [0.25, 0.3) is 0 Å². The van der Waals surface area contributed by atoms with Crippen molar-refractivity contribution in [1.82, 2.24) is 0 Å². The third-order valence-corrected chi connectivity index (χ3v) is 4.30. The lowest BCUT2D eigenvalue weighted by Crippen LogP contribution is -2.26. The Labute approximate surface area is 165 Å². The second-order valence-electron chi connectivity index (χ2n) is 6.29. The molecule has 0 saturated heterocycles. The van der Waals surface area contributed by atoms with E-state index in [2.05, 4.69) is 9.47 Å². The highest BCUT2D eigenvalue weighted by atomic mass is 16.6. The molecular formula is C21H20O8. The van der Waals surface area contributed by atoms with Gasteiger partial charge >= 0.3 is 11.9 Å². The van der Waals surface area contributed by atoms with Crippen LogP contribution < -0.4 is 14.9 Å². The molecule has 8 nitrogen and oxygen atoms in total. The Morgan fingerprint density at radius 1 is 0.897 bits per heavy atom. The number of rotatable bonds is 6. The molecule has 0 saturated carbocycles. The van der Waals surface area contributed by atoms with E-state index < -0.39 is 24.1 Å². The summed E-state index contributed by atoms with van der Waals surface area (Å²) in [6, 6.07) is 9.67. The number of esters is 2. The van der Waals surface area contributed by atoms with Gasteiger partial charge in [0.05, 0.1) is 19.6 Å². The molecule has 1 aromatic heterocycles. The predicted molar refractivity (Wildman–Crippen MR) is 104 cm³/mol. The summed E-state index contributed by atoms with van der Waals surface area (Å²) in [5.41, 5.74) is 0.256. The Balaban J connectivity index is 2.19. The molecule has 0 aliphatic rings. The van der Waals surface area contributed by atoms with Crippen molar-refractivity contribution in [3.63, 3.8) is 0 Å². The monoisotopic (exact) mass is 400 g/mol. The summed E-state index contributed by atoms with van der Waals surface area (Å²) < 4.78 is 26.5. The lowest BCUT2D eigenvalue weighted by molar-refractivity contribution is -0.148. The van der Waals surface area contributed by atoms with Crippen molar-refractivity contribution in [2.75, 3.05) is 14.2 Å². The van der Waals surface area contributed by atoms with E-state index in [9.17, 15) is 14.4 Å². The second-order valence-corrected chi connectivity index (χ2v) is 6.29.